The highest BCUT2D eigenvalue weighted by atomic mass is 35.5. The number of hydrogen-bond acceptors (Lipinski definition) is 5. The number of benzene rings is 1. The van der Waals surface area contributed by atoms with Crippen LogP contribution in [0.5, 0.6) is 5.75 Å². The van der Waals surface area contributed by atoms with Crippen molar-refractivity contribution in [1.29, 1.82) is 0 Å². The van der Waals surface area contributed by atoms with Gasteiger partial charge in [-0.1, -0.05) is 11.6 Å². The highest BCUT2D eigenvalue weighted by Crippen LogP contribution is 2.33. The van der Waals surface area contributed by atoms with Gasteiger partial charge in [0.25, 0.3) is 0 Å². The molecule has 0 radical (unpaired) electrons. The van der Waals surface area contributed by atoms with E-state index in [0.29, 0.717) is 12.7 Å². The zero-order valence-corrected chi connectivity index (χ0v) is 11.1. The SMILES string of the molecule is O=Cc1c(OCCCC(=O)Cl)ccc(Cl)c1[N+](=O)[O-]. The maximum atomic E-state index is 10.9. The van der Waals surface area contributed by atoms with Crippen LogP contribution in [0.25, 0.3) is 0 Å². The standard InChI is InChI=1S/C11H9Cl2NO5/c12-8-3-4-9(19-5-1-2-10(13)16)7(6-15)11(8)14(17)18/h3-4,6H,1-2,5H2. The highest BCUT2D eigenvalue weighted by molar-refractivity contribution is 6.63. The second-order valence-electron chi connectivity index (χ2n) is 3.49. The van der Waals surface area contributed by atoms with E-state index < -0.39 is 15.9 Å². The molecule has 0 aliphatic rings. The molecule has 0 bridgehead atoms. The molecule has 8 heteroatoms. The average molecular weight is 306 g/mol. The number of ether oxygens (including phenoxy) is 1. The lowest BCUT2D eigenvalue weighted by atomic mass is 10.1. The third kappa shape index (κ3) is 4.18. The first-order valence-electron chi connectivity index (χ1n) is 5.20. The van der Waals surface area contributed by atoms with Gasteiger partial charge in [0, 0.05) is 6.42 Å². The van der Waals surface area contributed by atoms with Crippen LogP contribution >= 0.6 is 23.2 Å². The second kappa shape index (κ2) is 7.06. The quantitative estimate of drug-likeness (QED) is 0.254. The molecule has 0 aliphatic heterocycles. The van der Waals surface area contributed by atoms with Gasteiger partial charge in [0.1, 0.15) is 16.3 Å². The third-order valence-corrected chi connectivity index (χ3v) is 2.70. The monoisotopic (exact) mass is 305 g/mol. The van der Waals surface area contributed by atoms with Gasteiger partial charge in [0.15, 0.2) is 6.29 Å². The van der Waals surface area contributed by atoms with E-state index in [0.717, 1.165) is 0 Å². The van der Waals surface area contributed by atoms with Crippen molar-refractivity contribution in [2.24, 2.45) is 0 Å². The molecular weight excluding hydrogens is 297 g/mol. The molecule has 0 fully saturated rings. The number of halogens is 2. The van der Waals surface area contributed by atoms with Crippen molar-refractivity contribution in [3.63, 3.8) is 0 Å². The number of hydrogen-bond donors (Lipinski definition) is 0. The van der Waals surface area contributed by atoms with Crippen LogP contribution < -0.4 is 4.74 Å². The van der Waals surface area contributed by atoms with E-state index >= 15 is 0 Å². The molecule has 0 atom stereocenters. The highest BCUT2D eigenvalue weighted by Gasteiger charge is 2.22. The molecule has 0 N–H and O–H groups in total. The Kier molecular flexibility index (Phi) is 5.72. The van der Waals surface area contributed by atoms with E-state index in [9.17, 15) is 19.7 Å². The number of rotatable bonds is 7. The summed E-state index contributed by atoms with van der Waals surface area (Å²) in [5.41, 5.74) is -0.725. The van der Waals surface area contributed by atoms with Gasteiger partial charge in [0.05, 0.1) is 11.5 Å². The summed E-state index contributed by atoms with van der Waals surface area (Å²) in [6, 6.07) is 2.64. The summed E-state index contributed by atoms with van der Waals surface area (Å²) in [6.07, 6.45) is 0.775. The van der Waals surface area contributed by atoms with Crippen molar-refractivity contribution < 1.29 is 19.2 Å². The molecule has 0 heterocycles. The van der Waals surface area contributed by atoms with Gasteiger partial charge in [-0.25, -0.2) is 0 Å². The van der Waals surface area contributed by atoms with Crippen LogP contribution in [-0.2, 0) is 4.79 Å². The molecule has 0 spiro atoms. The van der Waals surface area contributed by atoms with Crippen molar-refractivity contribution in [2.75, 3.05) is 6.61 Å². The van der Waals surface area contributed by atoms with E-state index in [4.69, 9.17) is 27.9 Å². The van der Waals surface area contributed by atoms with Gasteiger partial charge < -0.3 is 4.74 Å². The molecule has 0 aromatic heterocycles. The summed E-state index contributed by atoms with van der Waals surface area (Å²) in [6.45, 7) is 0.109. The molecule has 6 nitrogen and oxygen atoms in total. The number of nitro groups is 1. The second-order valence-corrected chi connectivity index (χ2v) is 4.32. The van der Waals surface area contributed by atoms with E-state index in [1.807, 2.05) is 0 Å². The first kappa shape index (κ1) is 15.4. The molecule has 102 valence electrons. The molecule has 1 aromatic rings. The molecule has 0 saturated heterocycles. The average Bonchev–Trinajstić information content (AvgIpc) is 2.34. The molecule has 0 amide bonds. The molecule has 1 aromatic carbocycles. The van der Waals surface area contributed by atoms with Crippen molar-refractivity contribution in [3.05, 3.63) is 32.8 Å². The molecule has 0 aliphatic carbocycles. The van der Waals surface area contributed by atoms with Crippen LogP contribution in [0.15, 0.2) is 12.1 Å². The summed E-state index contributed by atoms with van der Waals surface area (Å²) in [5.74, 6) is 0.0492. The van der Waals surface area contributed by atoms with Gasteiger partial charge in [-0.05, 0) is 30.2 Å². The number of aldehydes is 1. The minimum absolute atomic E-state index is 0.0492. The Morgan fingerprint density at radius 3 is 2.68 bits per heavy atom. The van der Waals surface area contributed by atoms with Gasteiger partial charge in [-0.2, -0.15) is 0 Å². The molecule has 1 rings (SSSR count). The van der Waals surface area contributed by atoms with Crippen molar-refractivity contribution in [2.45, 2.75) is 12.8 Å². The van der Waals surface area contributed by atoms with Crippen LogP contribution in [0.4, 0.5) is 5.69 Å². The molecular formula is C11H9Cl2NO5. The van der Waals surface area contributed by atoms with Crippen molar-refractivity contribution >= 4 is 40.4 Å². The van der Waals surface area contributed by atoms with Gasteiger partial charge in [0.2, 0.25) is 5.24 Å². The Morgan fingerprint density at radius 2 is 2.16 bits per heavy atom. The Hall–Kier alpha value is -1.66. The number of carbonyl (C=O) groups excluding carboxylic acids is 2. The molecule has 0 saturated carbocycles. The number of carbonyl (C=O) groups is 2. The van der Waals surface area contributed by atoms with Crippen molar-refractivity contribution in [1.82, 2.24) is 0 Å². The van der Waals surface area contributed by atoms with Crippen LogP contribution in [0.1, 0.15) is 23.2 Å². The van der Waals surface area contributed by atoms with E-state index in [1.54, 1.807) is 0 Å². The maximum absolute atomic E-state index is 10.9. The summed E-state index contributed by atoms with van der Waals surface area (Å²) >= 11 is 10.8. The Balaban J connectivity index is 2.89. The number of nitro benzene ring substituents is 1. The number of nitrogens with zero attached hydrogens (tertiary/aromatic N) is 1. The zero-order valence-electron chi connectivity index (χ0n) is 9.60. The fraction of sp³-hybridized carbons (Fsp3) is 0.273. The van der Waals surface area contributed by atoms with E-state index in [-0.39, 0.29) is 29.4 Å². The largest absolute Gasteiger partial charge is 0.493 e. The van der Waals surface area contributed by atoms with Gasteiger partial charge >= 0.3 is 5.69 Å². The third-order valence-electron chi connectivity index (χ3n) is 2.20. The minimum Gasteiger partial charge on any atom is -0.493 e. The Morgan fingerprint density at radius 1 is 1.47 bits per heavy atom. The van der Waals surface area contributed by atoms with Crippen LogP contribution in [-0.4, -0.2) is 23.1 Å². The summed E-state index contributed by atoms with van der Waals surface area (Å²) in [7, 11) is 0. The Labute approximate surface area is 118 Å². The van der Waals surface area contributed by atoms with E-state index in [1.165, 1.54) is 12.1 Å². The summed E-state index contributed by atoms with van der Waals surface area (Å²) in [4.78, 5) is 31.5. The predicted octanol–water partition coefficient (Wildman–Crippen LogP) is 2.99. The predicted molar refractivity (Wildman–Crippen MR) is 69.1 cm³/mol. The fourth-order valence-electron chi connectivity index (χ4n) is 1.38. The minimum atomic E-state index is -0.749. The normalized spacial score (nSPS) is 10.0. The topological polar surface area (TPSA) is 86.5 Å². The van der Waals surface area contributed by atoms with Crippen LogP contribution in [0, 0.1) is 10.1 Å². The van der Waals surface area contributed by atoms with Crippen LogP contribution in [0.2, 0.25) is 5.02 Å². The lowest BCUT2D eigenvalue weighted by Crippen LogP contribution is -2.04. The fourth-order valence-corrected chi connectivity index (χ4v) is 1.75. The smallest absolute Gasteiger partial charge is 0.302 e. The first-order valence-corrected chi connectivity index (χ1v) is 5.96. The molecule has 0 unspecified atom stereocenters. The van der Waals surface area contributed by atoms with Gasteiger partial charge in [-0.3, -0.25) is 19.7 Å². The molecule has 19 heavy (non-hydrogen) atoms. The van der Waals surface area contributed by atoms with Crippen molar-refractivity contribution in [3.8, 4) is 5.75 Å². The van der Waals surface area contributed by atoms with Crippen LogP contribution in [0.3, 0.4) is 0 Å². The first-order chi connectivity index (χ1) is 8.97. The zero-order chi connectivity index (χ0) is 14.4. The maximum Gasteiger partial charge on any atom is 0.302 e. The summed E-state index contributed by atoms with van der Waals surface area (Å²) < 4.78 is 5.22. The Bertz CT molecular complexity index is 518. The van der Waals surface area contributed by atoms with Gasteiger partial charge in [-0.15, -0.1) is 0 Å². The lowest BCUT2D eigenvalue weighted by molar-refractivity contribution is -0.385. The summed E-state index contributed by atoms with van der Waals surface area (Å²) in [5, 5.41) is 10.2. The van der Waals surface area contributed by atoms with E-state index in [2.05, 4.69) is 0 Å². The lowest BCUT2D eigenvalue weighted by Gasteiger charge is -2.08.